The molecule has 3 amide bonds. The van der Waals surface area contributed by atoms with Gasteiger partial charge in [-0.05, 0) is 37.1 Å². The lowest BCUT2D eigenvalue weighted by Crippen LogP contribution is -2.51. The van der Waals surface area contributed by atoms with Crippen molar-refractivity contribution in [2.45, 2.75) is 19.4 Å². The van der Waals surface area contributed by atoms with Crippen LogP contribution in [0.25, 0.3) is 0 Å². The molecule has 2 aliphatic rings. The number of hydrogen-bond donors (Lipinski definition) is 0. The van der Waals surface area contributed by atoms with Gasteiger partial charge in [0.2, 0.25) is 5.91 Å². The van der Waals surface area contributed by atoms with E-state index in [9.17, 15) is 14.4 Å². The van der Waals surface area contributed by atoms with E-state index in [4.69, 9.17) is 4.74 Å². The zero-order valence-corrected chi connectivity index (χ0v) is 14.3. The lowest BCUT2D eigenvalue weighted by molar-refractivity contribution is -0.122. The summed E-state index contributed by atoms with van der Waals surface area (Å²) in [7, 11) is 0. The summed E-state index contributed by atoms with van der Waals surface area (Å²) < 4.78 is 5.18. The Morgan fingerprint density at radius 3 is 2.46 bits per heavy atom. The van der Waals surface area contributed by atoms with Gasteiger partial charge in [-0.25, -0.2) is 9.69 Å². The maximum atomic E-state index is 13.1. The predicted octanol–water partition coefficient (Wildman–Crippen LogP) is 2.76. The molecular weight excluding hydrogens is 332 g/mol. The van der Waals surface area contributed by atoms with E-state index in [2.05, 4.69) is 0 Å². The number of para-hydroxylation sites is 2. The molecule has 2 aliphatic heterocycles. The van der Waals surface area contributed by atoms with Crippen LogP contribution in [0.4, 0.5) is 16.2 Å². The first-order valence-electron chi connectivity index (χ1n) is 8.60. The fourth-order valence-corrected chi connectivity index (χ4v) is 3.74. The Kier molecular flexibility index (Phi) is 3.95. The van der Waals surface area contributed by atoms with Gasteiger partial charge in [-0.1, -0.05) is 36.4 Å². The fourth-order valence-electron chi connectivity index (χ4n) is 3.74. The van der Waals surface area contributed by atoms with E-state index in [0.29, 0.717) is 17.8 Å². The number of imide groups is 1. The van der Waals surface area contributed by atoms with Gasteiger partial charge in [0.15, 0.2) is 0 Å². The third-order valence-electron chi connectivity index (χ3n) is 4.84. The second kappa shape index (κ2) is 6.29. The molecule has 2 atom stereocenters. The van der Waals surface area contributed by atoms with Crippen molar-refractivity contribution in [3.05, 3.63) is 60.2 Å². The van der Waals surface area contributed by atoms with Gasteiger partial charge in [-0.15, -0.1) is 0 Å². The first kappa shape index (κ1) is 16.3. The van der Waals surface area contributed by atoms with Crippen molar-refractivity contribution >= 4 is 29.3 Å². The zero-order valence-electron chi connectivity index (χ0n) is 14.3. The minimum Gasteiger partial charge on any atom is -0.449 e. The van der Waals surface area contributed by atoms with Crippen molar-refractivity contribution in [2.24, 2.45) is 5.92 Å². The van der Waals surface area contributed by atoms with Crippen molar-refractivity contribution in [1.29, 1.82) is 0 Å². The molecule has 0 aromatic heterocycles. The fraction of sp³-hybridized carbons (Fsp3) is 0.250. The van der Waals surface area contributed by atoms with Crippen LogP contribution < -0.4 is 9.80 Å². The number of anilines is 2. The summed E-state index contributed by atoms with van der Waals surface area (Å²) in [6, 6.07) is 15.3. The molecule has 0 saturated carbocycles. The molecule has 0 spiro atoms. The normalized spacial score (nSPS) is 21.4. The van der Waals surface area contributed by atoms with Crippen molar-refractivity contribution < 1.29 is 19.1 Å². The third-order valence-corrected chi connectivity index (χ3v) is 4.84. The van der Waals surface area contributed by atoms with Crippen LogP contribution in [-0.4, -0.2) is 30.6 Å². The average molecular weight is 350 g/mol. The van der Waals surface area contributed by atoms with Crippen molar-refractivity contribution in [3.8, 4) is 0 Å². The van der Waals surface area contributed by atoms with E-state index in [1.807, 2.05) is 24.3 Å². The van der Waals surface area contributed by atoms with Crippen LogP contribution >= 0.6 is 0 Å². The van der Waals surface area contributed by atoms with E-state index in [1.54, 1.807) is 37.3 Å². The number of hydrogen-bond acceptors (Lipinski definition) is 4. The van der Waals surface area contributed by atoms with Crippen LogP contribution in [0.15, 0.2) is 54.6 Å². The van der Waals surface area contributed by atoms with Gasteiger partial charge in [-0.2, -0.15) is 0 Å². The molecule has 26 heavy (non-hydrogen) atoms. The van der Waals surface area contributed by atoms with E-state index in [-0.39, 0.29) is 12.5 Å². The molecule has 1 saturated heterocycles. The Balaban J connectivity index is 1.81. The van der Waals surface area contributed by atoms with Crippen molar-refractivity contribution in [1.82, 2.24) is 0 Å². The minimum atomic E-state index is -0.878. The second-order valence-electron chi connectivity index (χ2n) is 6.30. The van der Waals surface area contributed by atoms with Crippen LogP contribution in [0.1, 0.15) is 12.5 Å². The molecule has 6 heteroatoms. The lowest BCUT2D eigenvalue weighted by Gasteiger charge is -2.35. The van der Waals surface area contributed by atoms with Crippen LogP contribution in [0.3, 0.4) is 0 Å². The molecule has 0 radical (unpaired) electrons. The molecular formula is C20H18N2O4. The van der Waals surface area contributed by atoms with Gasteiger partial charge >= 0.3 is 6.09 Å². The van der Waals surface area contributed by atoms with Crippen LogP contribution in [-0.2, 0) is 20.7 Å². The molecule has 2 aromatic carbocycles. The minimum absolute atomic E-state index is 0.194. The van der Waals surface area contributed by atoms with Gasteiger partial charge in [0.25, 0.3) is 5.91 Å². The molecule has 0 bridgehead atoms. The van der Waals surface area contributed by atoms with E-state index >= 15 is 0 Å². The van der Waals surface area contributed by atoms with E-state index in [0.717, 1.165) is 5.56 Å². The number of rotatable bonds is 2. The molecule has 1 fully saturated rings. The number of amides is 3. The highest BCUT2D eigenvalue weighted by atomic mass is 16.6. The first-order valence-corrected chi connectivity index (χ1v) is 8.60. The second-order valence-corrected chi connectivity index (χ2v) is 6.30. The van der Waals surface area contributed by atoms with Crippen LogP contribution in [0, 0.1) is 5.92 Å². The van der Waals surface area contributed by atoms with Gasteiger partial charge in [-0.3, -0.25) is 14.5 Å². The number of fused-ring (bicyclic) bond motifs is 2. The van der Waals surface area contributed by atoms with Gasteiger partial charge < -0.3 is 4.74 Å². The highest BCUT2D eigenvalue weighted by Crippen LogP contribution is 2.40. The Hall–Kier alpha value is -3.15. The Labute approximate surface area is 151 Å². The summed E-state index contributed by atoms with van der Waals surface area (Å²) in [5, 5.41) is 0. The highest BCUT2D eigenvalue weighted by molar-refractivity contribution is 6.26. The standard InChI is InChI=1S/C20H18N2O4/c1-2-26-20(25)22-16-11-7-6-8-13(16)12-15-17(22)19(24)21(18(15)23)14-9-4-3-5-10-14/h3-11,15,17H,2,12H2,1H3. The van der Waals surface area contributed by atoms with Gasteiger partial charge in [0.1, 0.15) is 6.04 Å². The maximum Gasteiger partial charge on any atom is 0.415 e. The molecule has 132 valence electrons. The van der Waals surface area contributed by atoms with Crippen LogP contribution in [0.2, 0.25) is 0 Å². The average Bonchev–Trinajstić information content (AvgIpc) is 2.91. The molecule has 0 aliphatic carbocycles. The third kappa shape index (κ3) is 2.37. The molecule has 4 rings (SSSR count). The summed E-state index contributed by atoms with van der Waals surface area (Å²) >= 11 is 0. The number of benzene rings is 2. The first-order chi connectivity index (χ1) is 12.6. The smallest absolute Gasteiger partial charge is 0.415 e. The lowest BCUT2D eigenvalue weighted by atomic mass is 9.87. The molecule has 2 unspecified atom stereocenters. The Morgan fingerprint density at radius 1 is 1.04 bits per heavy atom. The topological polar surface area (TPSA) is 66.9 Å². The number of carbonyl (C=O) groups excluding carboxylic acids is 3. The highest BCUT2D eigenvalue weighted by Gasteiger charge is 2.55. The largest absolute Gasteiger partial charge is 0.449 e. The van der Waals surface area contributed by atoms with E-state index < -0.39 is 24.0 Å². The monoisotopic (exact) mass is 350 g/mol. The number of nitrogens with zero attached hydrogens (tertiary/aromatic N) is 2. The number of ether oxygens (including phenoxy) is 1. The molecule has 6 nitrogen and oxygen atoms in total. The Bertz CT molecular complexity index is 880. The SMILES string of the molecule is CCOC(=O)N1c2ccccc2CC2C(=O)N(c3ccccc3)C(=O)C21. The summed E-state index contributed by atoms with van der Waals surface area (Å²) in [5.41, 5.74) is 2.01. The van der Waals surface area contributed by atoms with Crippen molar-refractivity contribution in [2.75, 3.05) is 16.4 Å². The quantitative estimate of drug-likeness (QED) is 0.781. The predicted molar refractivity (Wildman–Crippen MR) is 95.9 cm³/mol. The zero-order chi connectivity index (χ0) is 18.3. The summed E-state index contributed by atoms with van der Waals surface area (Å²) in [6.07, 6.45) is -0.185. The molecule has 2 aromatic rings. The van der Waals surface area contributed by atoms with E-state index in [1.165, 1.54) is 9.80 Å². The summed E-state index contributed by atoms with van der Waals surface area (Å²) in [5.74, 6) is -1.29. The summed E-state index contributed by atoms with van der Waals surface area (Å²) in [4.78, 5) is 41.3. The summed E-state index contributed by atoms with van der Waals surface area (Å²) in [6.45, 7) is 1.91. The maximum absolute atomic E-state index is 13.1. The molecule has 2 heterocycles. The van der Waals surface area contributed by atoms with Crippen LogP contribution in [0.5, 0.6) is 0 Å². The molecule has 0 N–H and O–H groups in total. The Morgan fingerprint density at radius 2 is 1.73 bits per heavy atom. The number of carbonyl (C=O) groups is 3. The van der Waals surface area contributed by atoms with Crippen molar-refractivity contribution in [3.63, 3.8) is 0 Å². The van der Waals surface area contributed by atoms with Gasteiger partial charge in [0, 0.05) is 0 Å². The van der Waals surface area contributed by atoms with Gasteiger partial charge in [0.05, 0.1) is 23.9 Å².